The van der Waals surface area contributed by atoms with Gasteiger partial charge in [0.05, 0.1) is 5.92 Å². The van der Waals surface area contributed by atoms with Gasteiger partial charge in [-0.3, -0.25) is 30.0 Å². The van der Waals surface area contributed by atoms with Gasteiger partial charge in [-0.2, -0.15) is 0 Å². The Morgan fingerprint density at radius 3 is 2.35 bits per heavy atom. The van der Waals surface area contributed by atoms with Gasteiger partial charge in [0.1, 0.15) is 0 Å². The maximum Gasteiger partial charge on any atom is 0.327 e. The summed E-state index contributed by atoms with van der Waals surface area (Å²) in [5.74, 6) is -3.04. The van der Waals surface area contributed by atoms with Crippen LogP contribution in [0.15, 0.2) is 24.3 Å². The maximum absolute atomic E-state index is 12.2. The van der Waals surface area contributed by atoms with Crippen molar-refractivity contribution in [1.29, 1.82) is 0 Å². The van der Waals surface area contributed by atoms with Crippen LogP contribution in [-0.2, 0) is 25.6 Å². The van der Waals surface area contributed by atoms with Gasteiger partial charge in [-0.15, -0.1) is 0 Å². The van der Waals surface area contributed by atoms with Crippen molar-refractivity contribution in [2.45, 2.75) is 39.7 Å². The van der Waals surface area contributed by atoms with Crippen molar-refractivity contribution in [2.24, 2.45) is 5.92 Å². The number of nitrogens with zero attached hydrogens (tertiary/aromatic N) is 1. The van der Waals surface area contributed by atoms with E-state index in [4.69, 9.17) is 0 Å². The van der Waals surface area contributed by atoms with Crippen LogP contribution < -0.4 is 21.1 Å². The zero-order valence-electron chi connectivity index (χ0n) is 15.2. The van der Waals surface area contributed by atoms with Crippen molar-refractivity contribution >= 4 is 29.3 Å². The summed E-state index contributed by atoms with van der Waals surface area (Å²) in [4.78, 5) is 49.0. The van der Waals surface area contributed by atoms with Crippen LogP contribution in [0, 0.1) is 5.92 Å². The highest BCUT2D eigenvalue weighted by Gasteiger charge is 2.35. The minimum absolute atomic E-state index is 0.0510. The first-order valence-corrected chi connectivity index (χ1v) is 8.61. The summed E-state index contributed by atoms with van der Waals surface area (Å²) in [5, 5.41) is 2.42. The van der Waals surface area contributed by atoms with Crippen molar-refractivity contribution in [3.8, 4) is 0 Å². The molecule has 1 aromatic rings. The van der Waals surface area contributed by atoms with Crippen molar-refractivity contribution in [3.63, 3.8) is 0 Å². The average molecular weight is 360 g/mol. The van der Waals surface area contributed by atoms with Gasteiger partial charge >= 0.3 is 11.8 Å². The predicted octanol–water partition coefficient (Wildman–Crippen LogP) is 0.274. The molecule has 1 atom stereocenters. The normalized spacial score (nSPS) is 16.5. The Hall–Kier alpha value is -2.90. The van der Waals surface area contributed by atoms with Gasteiger partial charge in [-0.1, -0.05) is 19.1 Å². The van der Waals surface area contributed by atoms with Crippen LogP contribution in [0.1, 0.15) is 32.8 Å². The molecule has 1 heterocycles. The zero-order chi connectivity index (χ0) is 19.3. The van der Waals surface area contributed by atoms with E-state index in [1.807, 2.05) is 31.2 Å². The Morgan fingerprint density at radius 1 is 1.12 bits per heavy atom. The molecule has 0 bridgehead atoms. The Kier molecular flexibility index (Phi) is 6.32. The lowest BCUT2D eigenvalue weighted by molar-refractivity contribution is -0.141. The molecular formula is C18H24N4O4. The fraction of sp³-hybridized carbons (Fsp3) is 0.444. The number of carbonyl (C=O) groups is 4. The number of hydrazine groups is 1. The van der Waals surface area contributed by atoms with Gasteiger partial charge in [-0.05, 0) is 38.0 Å². The van der Waals surface area contributed by atoms with E-state index < -0.39 is 23.6 Å². The van der Waals surface area contributed by atoms with Gasteiger partial charge in [0, 0.05) is 24.7 Å². The number of benzene rings is 1. The molecule has 4 amide bonds. The van der Waals surface area contributed by atoms with Crippen LogP contribution in [0.25, 0.3) is 0 Å². The second-order valence-electron chi connectivity index (χ2n) is 6.50. The minimum atomic E-state index is -0.955. The molecule has 1 fully saturated rings. The lowest BCUT2D eigenvalue weighted by Crippen LogP contribution is -2.51. The summed E-state index contributed by atoms with van der Waals surface area (Å²) >= 11 is 0. The van der Waals surface area contributed by atoms with Crippen molar-refractivity contribution < 1.29 is 19.2 Å². The molecule has 140 valence electrons. The first kappa shape index (κ1) is 19.4. The number of anilines is 1. The molecule has 0 aromatic heterocycles. The molecule has 1 aliphatic rings. The summed E-state index contributed by atoms with van der Waals surface area (Å²) in [6, 6.07) is 7.42. The minimum Gasteiger partial charge on any atom is -0.346 e. The molecule has 0 spiro atoms. The van der Waals surface area contributed by atoms with E-state index in [0.29, 0.717) is 0 Å². The third-order valence-corrected chi connectivity index (χ3v) is 4.08. The SMILES string of the molecule is CCc1ccc(N2C[C@H](C(=O)NNC(=O)C(=O)NC(C)C)CC2=O)cc1. The van der Waals surface area contributed by atoms with E-state index >= 15 is 0 Å². The highest BCUT2D eigenvalue weighted by molar-refractivity contribution is 6.35. The molecule has 3 N–H and O–H groups in total. The maximum atomic E-state index is 12.2. The van der Waals surface area contributed by atoms with E-state index in [9.17, 15) is 19.2 Å². The third-order valence-electron chi connectivity index (χ3n) is 4.08. The Morgan fingerprint density at radius 2 is 1.77 bits per heavy atom. The van der Waals surface area contributed by atoms with E-state index in [2.05, 4.69) is 16.2 Å². The fourth-order valence-corrected chi connectivity index (χ4v) is 2.65. The van der Waals surface area contributed by atoms with Crippen LogP contribution in [0.4, 0.5) is 5.69 Å². The van der Waals surface area contributed by atoms with E-state index in [1.54, 1.807) is 18.7 Å². The number of hydrogen-bond donors (Lipinski definition) is 3. The second kappa shape index (κ2) is 8.46. The Balaban J connectivity index is 1.89. The van der Waals surface area contributed by atoms with Crippen LogP contribution in [0.2, 0.25) is 0 Å². The average Bonchev–Trinajstić information content (AvgIpc) is 3.00. The Labute approximate surface area is 152 Å². The van der Waals surface area contributed by atoms with Gasteiger partial charge in [-0.25, -0.2) is 0 Å². The molecular weight excluding hydrogens is 336 g/mol. The number of aryl methyl sites for hydroxylation is 1. The number of rotatable bonds is 4. The third kappa shape index (κ3) is 4.81. The molecule has 2 rings (SSSR count). The summed E-state index contributed by atoms with van der Waals surface area (Å²) < 4.78 is 0. The summed E-state index contributed by atoms with van der Waals surface area (Å²) in [6.45, 7) is 5.71. The lowest BCUT2D eigenvalue weighted by Gasteiger charge is -2.17. The molecule has 8 nitrogen and oxygen atoms in total. The second-order valence-corrected chi connectivity index (χ2v) is 6.50. The van der Waals surface area contributed by atoms with Crippen LogP contribution in [0.3, 0.4) is 0 Å². The summed E-state index contributed by atoms with van der Waals surface area (Å²) in [7, 11) is 0. The summed E-state index contributed by atoms with van der Waals surface area (Å²) in [6.07, 6.45) is 0.957. The number of amides is 4. The molecule has 1 aliphatic heterocycles. The van der Waals surface area contributed by atoms with Gasteiger partial charge in [0.2, 0.25) is 11.8 Å². The van der Waals surface area contributed by atoms with Gasteiger partial charge in [0.25, 0.3) is 0 Å². The van der Waals surface area contributed by atoms with Crippen LogP contribution in [-0.4, -0.2) is 36.2 Å². The van der Waals surface area contributed by atoms with Crippen molar-refractivity contribution in [1.82, 2.24) is 16.2 Å². The van der Waals surface area contributed by atoms with E-state index in [-0.39, 0.29) is 24.9 Å². The molecule has 0 saturated carbocycles. The standard InChI is InChI=1S/C18H24N4O4/c1-4-12-5-7-14(8-6-12)22-10-13(9-15(22)23)16(24)20-21-18(26)17(25)19-11(2)3/h5-8,11,13H,4,9-10H2,1-3H3,(H,19,25)(H,20,24)(H,21,26)/t13-/m1/s1. The largest absolute Gasteiger partial charge is 0.346 e. The zero-order valence-corrected chi connectivity index (χ0v) is 15.2. The molecule has 26 heavy (non-hydrogen) atoms. The first-order chi connectivity index (χ1) is 12.3. The number of carbonyl (C=O) groups excluding carboxylic acids is 4. The lowest BCUT2D eigenvalue weighted by atomic mass is 10.1. The van der Waals surface area contributed by atoms with Gasteiger partial charge < -0.3 is 10.2 Å². The number of nitrogens with one attached hydrogen (secondary N) is 3. The quantitative estimate of drug-likeness (QED) is 0.529. The predicted molar refractivity (Wildman–Crippen MR) is 95.8 cm³/mol. The van der Waals surface area contributed by atoms with Crippen molar-refractivity contribution in [3.05, 3.63) is 29.8 Å². The smallest absolute Gasteiger partial charge is 0.327 e. The molecule has 1 aromatic carbocycles. The molecule has 0 unspecified atom stereocenters. The topological polar surface area (TPSA) is 108 Å². The number of hydrogen-bond acceptors (Lipinski definition) is 4. The van der Waals surface area contributed by atoms with Crippen LogP contribution >= 0.6 is 0 Å². The molecule has 1 saturated heterocycles. The van der Waals surface area contributed by atoms with Crippen LogP contribution in [0.5, 0.6) is 0 Å². The van der Waals surface area contributed by atoms with Gasteiger partial charge in [0.15, 0.2) is 0 Å². The fourth-order valence-electron chi connectivity index (χ4n) is 2.65. The van der Waals surface area contributed by atoms with Crippen molar-refractivity contribution in [2.75, 3.05) is 11.4 Å². The monoisotopic (exact) mass is 360 g/mol. The highest BCUT2D eigenvalue weighted by Crippen LogP contribution is 2.25. The Bertz CT molecular complexity index is 700. The molecule has 0 aliphatic carbocycles. The van der Waals surface area contributed by atoms with E-state index in [0.717, 1.165) is 17.7 Å². The van der Waals surface area contributed by atoms with E-state index in [1.165, 1.54) is 0 Å². The highest BCUT2D eigenvalue weighted by atomic mass is 16.2. The molecule has 8 heteroatoms. The molecule has 0 radical (unpaired) electrons. The summed E-state index contributed by atoms with van der Waals surface area (Å²) in [5.41, 5.74) is 6.18. The first-order valence-electron chi connectivity index (χ1n) is 8.61.